The fourth-order valence-electron chi connectivity index (χ4n) is 2.80. The molecule has 132 valence electrons. The Morgan fingerprint density at radius 1 is 1.26 bits per heavy atom. The summed E-state index contributed by atoms with van der Waals surface area (Å²) >= 11 is 0. The van der Waals surface area contributed by atoms with E-state index in [1.807, 2.05) is 25.1 Å². The van der Waals surface area contributed by atoms with Crippen molar-refractivity contribution in [3.63, 3.8) is 0 Å². The van der Waals surface area contributed by atoms with E-state index in [2.05, 4.69) is 20.4 Å². The Morgan fingerprint density at radius 2 is 1.96 bits per heavy atom. The first-order chi connectivity index (χ1) is 11.1. The second kappa shape index (κ2) is 13.2. The van der Waals surface area contributed by atoms with Crippen molar-refractivity contribution < 1.29 is 6.11 Å². The number of rotatable bonds is 6. The normalized spacial score (nSPS) is 17.6. The molecular weight excluding hydrogens is 280 g/mol. The zero-order chi connectivity index (χ0) is 17.1. The van der Waals surface area contributed by atoms with Gasteiger partial charge in [0.2, 0.25) is 0 Å². The van der Waals surface area contributed by atoms with Crippen molar-refractivity contribution >= 4 is 0 Å². The Balaban J connectivity index is 0.000000436. The zero-order valence-corrected chi connectivity index (χ0v) is 14.7. The van der Waals surface area contributed by atoms with Gasteiger partial charge in [0.05, 0.1) is 7.98 Å². The van der Waals surface area contributed by atoms with E-state index in [0.717, 1.165) is 17.6 Å². The Kier molecular flexibility index (Phi) is 11.4. The van der Waals surface area contributed by atoms with E-state index in [1.54, 1.807) is 12.1 Å². The molecule has 1 fully saturated rings. The summed E-state index contributed by atoms with van der Waals surface area (Å²) in [4.78, 5) is 0. The SMILES string of the molecule is C.CC[C@@H](C)C1CCCCC1.[3H]c1cccc(OC[C@H](C)C=C)c1. The van der Waals surface area contributed by atoms with Crippen LogP contribution in [0.25, 0.3) is 0 Å². The molecule has 0 aromatic heterocycles. The topological polar surface area (TPSA) is 9.23 Å². The summed E-state index contributed by atoms with van der Waals surface area (Å²) in [7, 11) is 0. The minimum Gasteiger partial charge on any atom is -0.493 e. The maximum Gasteiger partial charge on any atom is 0.119 e. The van der Waals surface area contributed by atoms with E-state index in [-0.39, 0.29) is 7.43 Å². The van der Waals surface area contributed by atoms with Crippen molar-refractivity contribution in [3.05, 3.63) is 43.0 Å². The van der Waals surface area contributed by atoms with E-state index in [9.17, 15) is 0 Å². The summed E-state index contributed by atoms with van der Waals surface area (Å²) in [6.45, 7) is 11.1. The second-order valence-corrected chi connectivity index (χ2v) is 6.55. The molecule has 1 aromatic carbocycles. The molecule has 0 aliphatic heterocycles. The van der Waals surface area contributed by atoms with E-state index in [4.69, 9.17) is 6.11 Å². The minimum absolute atomic E-state index is 0. The van der Waals surface area contributed by atoms with Gasteiger partial charge < -0.3 is 4.74 Å². The highest BCUT2D eigenvalue weighted by Crippen LogP contribution is 2.30. The molecule has 0 bridgehead atoms. The summed E-state index contributed by atoms with van der Waals surface area (Å²) in [5.74, 6) is 3.15. The summed E-state index contributed by atoms with van der Waals surface area (Å²) in [5, 5.41) is 0. The number of hydrogen-bond acceptors (Lipinski definition) is 1. The number of hydrogen-bond donors (Lipinski definition) is 0. The monoisotopic (exact) mass is 320 g/mol. The van der Waals surface area contributed by atoms with Gasteiger partial charge in [-0.05, 0) is 24.0 Å². The fraction of sp³-hybridized carbons (Fsp3) is 0.636. The maximum atomic E-state index is 7.37. The Bertz CT molecular complexity index is 437. The third kappa shape index (κ3) is 9.48. The van der Waals surface area contributed by atoms with Crippen molar-refractivity contribution in [1.29, 1.82) is 0 Å². The number of para-hydroxylation sites is 1. The standard InChI is InChI=1S/C11H14O.C10H20.CH4/c1-3-10(2)9-12-11-7-5-4-6-8-11;1-3-9(2)10-7-5-4-6-8-10;/h3-8,10H,1,9H2,2H3;9-10H,3-8H2,1-2H3;1H4/t10-;9-;/m11./s1/i5T;;. The van der Waals surface area contributed by atoms with Crippen LogP contribution in [0.5, 0.6) is 5.75 Å². The molecule has 0 spiro atoms. The lowest BCUT2D eigenvalue weighted by molar-refractivity contribution is 0.258. The van der Waals surface area contributed by atoms with Crippen LogP contribution < -0.4 is 4.74 Å². The van der Waals surface area contributed by atoms with Gasteiger partial charge in [-0.1, -0.05) is 91.0 Å². The van der Waals surface area contributed by atoms with Crippen LogP contribution in [0.2, 0.25) is 0 Å². The van der Waals surface area contributed by atoms with Gasteiger partial charge >= 0.3 is 0 Å². The maximum absolute atomic E-state index is 7.37. The lowest BCUT2D eigenvalue weighted by Gasteiger charge is -2.26. The molecule has 23 heavy (non-hydrogen) atoms. The molecule has 1 aromatic rings. The van der Waals surface area contributed by atoms with Gasteiger partial charge in [0.25, 0.3) is 0 Å². The third-order valence-corrected chi connectivity index (χ3v) is 4.69. The summed E-state index contributed by atoms with van der Waals surface area (Å²) in [6.07, 6.45) is 10.7. The first-order valence-corrected chi connectivity index (χ1v) is 8.88. The number of ether oxygens (including phenoxy) is 1. The Labute approximate surface area is 146 Å². The Morgan fingerprint density at radius 3 is 2.52 bits per heavy atom. The molecule has 0 saturated heterocycles. The first kappa shape index (κ1) is 19.8. The van der Waals surface area contributed by atoms with Crippen molar-refractivity contribution in [2.75, 3.05) is 6.61 Å². The zero-order valence-electron chi connectivity index (χ0n) is 15.7. The van der Waals surface area contributed by atoms with Crippen LogP contribution in [-0.2, 0) is 0 Å². The van der Waals surface area contributed by atoms with Gasteiger partial charge in [-0.15, -0.1) is 6.58 Å². The lowest BCUT2D eigenvalue weighted by atomic mass is 9.80. The summed E-state index contributed by atoms with van der Waals surface area (Å²) in [5.41, 5.74) is 0. The van der Waals surface area contributed by atoms with E-state index >= 15 is 0 Å². The van der Waals surface area contributed by atoms with E-state index < -0.39 is 0 Å². The van der Waals surface area contributed by atoms with Crippen LogP contribution in [0.4, 0.5) is 0 Å². The molecule has 2 atom stereocenters. The van der Waals surface area contributed by atoms with E-state index in [0.29, 0.717) is 18.6 Å². The molecule has 1 nitrogen and oxygen atoms in total. The van der Waals surface area contributed by atoms with Crippen molar-refractivity contribution in [2.24, 2.45) is 17.8 Å². The van der Waals surface area contributed by atoms with Crippen LogP contribution in [-0.4, -0.2) is 6.61 Å². The van der Waals surface area contributed by atoms with Crippen LogP contribution in [0, 0.1) is 17.8 Å². The van der Waals surface area contributed by atoms with Gasteiger partial charge in [-0.3, -0.25) is 0 Å². The highest BCUT2D eigenvalue weighted by molar-refractivity contribution is 5.20. The smallest absolute Gasteiger partial charge is 0.119 e. The highest BCUT2D eigenvalue weighted by Gasteiger charge is 2.17. The van der Waals surface area contributed by atoms with Crippen molar-refractivity contribution in [1.82, 2.24) is 0 Å². The molecule has 1 saturated carbocycles. The van der Waals surface area contributed by atoms with Crippen LogP contribution in [0.3, 0.4) is 0 Å². The van der Waals surface area contributed by atoms with Gasteiger partial charge in [0, 0.05) is 5.92 Å². The van der Waals surface area contributed by atoms with Gasteiger partial charge in [-0.2, -0.15) is 0 Å². The van der Waals surface area contributed by atoms with Crippen LogP contribution >= 0.6 is 0 Å². The average molecular weight is 321 g/mol. The third-order valence-electron chi connectivity index (χ3n) is 4.69. The van der Waals surface area contributed by atoms with Crippen LogP contribution in [0.15, 0.2) is 43.0 Å². The molecule has 2 rings (SSSR count). The van der Waals surface area contributed by atoms with Gasteiger partial charge in [0.15, 0.2) is 0 Å². The van der Waals surface area contributed by atoms with E-state index in [1.165, 1.54) is 38.5 Å². The summed E-state index contributed by atoms with van der Waals surface area (Å²) in [6, 6.07) is 7.58. The molecule has 0 heterocycles. The average Bonchev–Trinajstić information content (AvgIpc) is 2.60. The van der Waals surface area contributed by atoms with Crippen molar-refractivity contribution in [3.8, 4) is 5.75 Å². The van der Waals surface area contributed by atoms with Crippen LogP contribution in [0.1, 0.15) is 68.1 Å². The fourth-order valence-corrected chi connectivity index (χ4v) is 2.80. The van der Waals surface area contributed by atoms with Crippen molar-refractivity contribution in [2.45, 2.75) is 66.7 Å². The first-order valence-electron chi connectivity index (χ1n) is 9.38. The molecule has 1 aliphatic carbocycles. The number of benzene rings is 1. The molecule has 1 aliphatic rings. The predicted molar refractivity (Wildman–Crippen MR) is 104 cm³/mol. The molecule has 0 unspecified atom stereocenters. The van der Waals surface area contributed by atoms with Gasteiger partial charge in [-0.25, -0.2) is 0 Å². The molecule has 0 N–H and O–H groups in total. The molecule has 0 amide bonds. The predicted octanol–water partition coefficient (Wildman–Crippen LogP) is 7.14. The molecular formula is C22H38O. The largest absolute Gasteiger partial charge is 0.493 e. The summed E-state index contributed by atoms with van der Waals surface area (Å²) < 4.78 is 12.8. The van der Waals surface area contributed by atoms with Gasteiger partial charge in [0.1, 0.15) is 5.75 Å². The molecule has 1 heteroatoms. The molecule has 0 radical (unpaired) electrons. The quantitative estimate of drug-likeness (QED) is 0.506. The highest BCUT2D eigenvalue weighted by atomic mass is 16.5. The minimum atomic E-state index is 0. The lowest BCUT2D eigenvalue weighted by Crippen LogP contribution is -2.14. The second-order valence-electron chi connectivity index (χ2n) is 6.55. The Hall–Kier alpha value is -1.24.